The number of ether oxygens (including phenoxy) is 1. The van der Waals surface area contributed by atoms with Gasteiger partial charge in [-0.3, -0.25) is 9.69 Å². The van der Waals surface area contributed by atoms with Gasteiger partial charge in [-0.2, -0.15) is 4.98 Å². The number of hydrogen-bond donors (Lipinski definition) is 0. The molecule has 3 aromatic rings. The first-order chi connectivity index (χ1) is 14.6. The normalized spacial score (nSPS) is 15.1. The van der Waals surface area contributed by atoms with Crippen LogP contribution in [-0.4, -0.2) is 59.1 Å². The molecule has 7 nitrogen and oxygen atoms in total. The molecule has 0 atom stereocenters. The van der Waals surface area contributed by atoms with E-state index >= 15 is 0 Å². The summed E-state index contributed by atoms with van der Waals surface area (Å²) in [5, 5.41) is 4.74. The van der Waals surface area contributed by atoms with E-state index in [-0.39, 0.29) is 5.91 Å². The molecule has 0 saturated carbocycles. The summed E-state index contributed by atoms with van der Waals surface area (Å²) in [6, 6.07) is 14.6. The molecule has 1 aromatic heterocycles. The van der Waals surface area contributed by atoms with Gasteiger partial charge in [0.05, 0.1) is 13.7 Å². The quantitative estimate of drug-likeness (QED) is 0.618. The lowest BCUT2D eigenvalue weighted by molar-refractivity contribution is 0.0760. The van der Waals surface area contributed by atoms with E-state index in [4.69, 9.17) is 20.9 Å². The zero-order chi connectivity index (χ0) is 20.9. The minimum atomic E-state index is 0.0264. The molecule has 30 heavy (non-hydrogen) atoms. The fourth-order valence-electron chi connectivity index (χ4n) is 3.50. The lowest BCUT2D eigenvalue weighted by atomic mass is 10.2. The molecule has 0 radical (unpaired) electrons. The van der Waals surface area contributed by atoms with Crippen LogP contribution in [0.15, 0.2) is 53.1 Å². The van der Waals surface area contributed by atoms with Crippen LogP contribution >= 0.6 is 11.6 Å². The predicted molar refractivity (Wildman–Crippen MR) is 114 cm³/mol. The van der Waals surface area contributed by atoms with Crippen LogP contribution in [-0.2, 0) is 6.54 Å². The summed E-state index contributed by atoms with van der Waals surface area (Å²) in [7, 11) is 1.60. The van der Waals surface area contributed by atoms with Gasteiger partial charge in [-0.15, -0.1) is 0 Å². The predicted octanol–water partition coefficient (Wildman–Crippen LogP) is 3.75. The Morgan fingerprint density at radius 3 is 2.77 bits per heavy atom. The van der Waals surface area contributed by atoms with Crippen LogP contribution in [0.4, 0.5) is 0 Å². The molecule has 1 saturated heterocycles. The van der Waals surface area contributed by atoms with E-state index in [0.717, 1.165) is 25.1 Å². The van der Waals surface area contributed by atoms with E-state index in [2.05, 4.69) is 15.0 Å². The van der Waals surface area contributed by atoms with Crippen LogP contribution in [0.2, 0.25) is 5.02 Å². The number of amides is 1. The first-order valence-electron chi connectivity index (χ1n) is 9.86. The zero-order valence-corrected chi connectivity index (χ0v) is 17.5. The van der Waals surface area contributed by atoms with Crippen LogP contribution < -0.4 is 4.74 Å². The third kappa shape index (κ3) is 4.80. The SMILES string of the molecule is COc1cccc(C(=O)N2CCCN(Cc3nc(-c4ccc(Cl)cc4)no3)CC2)c1. The third-order valence-corrected chi connectivity index (χ3v) is 5.37. The summed E-state index contributed by atoms with van der Waals surface area (Å²) >= 11 is 5.93. The number of methoxy groups -OCH3 is 1. The van der Waals surface area contributed by atoms with Crippen molar-refractivity contribution < 1.29 is 14.1 Å². The van der Waals surface area contributed by atoms with Crippen LogP contribution in [0.25, 0.3) is 11.4 Å². The van der Waals surface area contributed by atoms with Crippen molar-refractivity contribution in [2.75, 3.05) is 33.3 Å². The molecule has 1 aliphatic rings. The Balaban J connectivity index is 1.36. The maximum absolute atomic E-state index is 12.9. The molecule has 8 heteroatoms. The topological polar surface area (TPSA) is 71.7 Å². The summed E-state index contributed by atoms with van der Waals surface area (Å²) in [6.45, 7) is 3.53. The lowest BCUT2D eigenvalue weighted by Crippen LogP contribution is -2.35. The number of carbonyl (C=O) groups is 1. The van der Waals surface area contributed by atoms with Gasteiger partial charge in [0.25, 0.3) is 5.91 Å². The Morgan fingerprint density at radius 2 is 1.97 bits per heavy atom. The Bertz CT molecular complexity index is 1010. The van der Waals surface area contributed by atoms with Crippen molar-refractivity contribution in [3.05, 3.63) is 65.0 Å². The highest BCUT2D eigenvalue weighted by atomic mass is 35.5. The summed E-state index contributed by atoms with van der Waals surface area (Å²) < 4.78 is 10.7. The standard InChI is InChI=1S/C22H23ClN4O3/c1-29-19-5-2-4-17(14-19)22(28)27-11-3-10-26(12-13-27)15-20-24-21(25-30-20)16-6-8-18(23)9-7-16/h2,4-9,14H,3,10-13,15H2,1H3. The molecular weight excluding hydrogens is 404 g/mol. The highest BCUT2D eigenvalue weighted by Crippen LogP contribution is 2.20. The molecule has 4 rings (SSSR count). The number of rotatable bonds is 5. The van der Waals surface area contributed by atoms with Gasteiger partial charge in [-0.1, -0.05) is 22.8 Å². The van der Waals surface area contributed by atoms with E-state index in [1.807, 2.05) is 35.2 Å². The van der Waals surface area contributed by atoms with E-state index in [1.165, 1.54) is 0 Å². The molecule has 1 amide bonds. The summed E-state index contributed by atoms with van der Waals surface area (Å²) in [6.07, 6.45) is 0.883. The second kappa shape index (κ2) is 9.28. The van der Waals surface area contributed by atoms with Gasteiger partial charge in [-0.05, 0) is 48.9 Å². The summed E-state index contributed by atoms with van der Waals surface area (Å²) in [5.74, 6) is 1.82. The van der Waals surface area contributed by atoms with Crippen LogP contribution in [0, 0.1) is 0 Å². The highest BCUT2D eigenvalue weighted by Gasteiger charge is 2.22. The number of aromatic nitrogens is 2. The first kappa shape index (κ1) is 20.4. The van der Waals surface area contributed by atoms with Crippen LogP contribution in [0.3, 0.4) is 0 Å². The Labute approximate surface area is 180 Å². The number of nitrogens with zero attached hydrogens (tertiary/aromatic N) is 4. The molecule has 1 fully saturated rings. The Kier molecular flexibility index (Phi) is 6.30. The highest BCUT2D eigenvalue weighted by molar-refractivity contribution is 6.30. The Morgan fingerprint density at radius 1 is 1.13 bits per heavy atom. The monoisotopic (exact) mass is 426 g/mol. The maximum atomic E-state index is 12.9. The molecule has 2 aromatic carbocycles. The van der Waals surface area contributed by atoms with E-state index in [0.29, 0.717) is 47.7 Å². The largest absolute Gasteiger partial charge is 0.497 e. The van der Waals surface area contributed by atoms with Crippen molar-refractivity contribution >= 4 is 17.5 Å². The third-order valence-electron chi connectivity index (χ3n) is 5.12. The van der Waals surface area contributed by atoms with E-state index in [9.17, 15) is 4.79 Å². The molecule has 0 N–H and O–H groups in total. The molecule has 1 aliphatic heterocycles. The average molecular weight is 427 g/mol. The van der Waals surface area contributed by atoms with Crippen molar-refractivity contribution in [2.24, 2.45) is 0 Å². The minimum absolute atomic E-state index is 0.0264. The van der Waals surface area contributed by atoms with Gasteiger partial charge < -0.3 is 14.2 Å². The number of carbonyl (C=O) groups excluding carboxylic acids is 1. The fraction of sp³-hybridized carbons (Fsp3) is 0.318. The van der Waals surface area contributed by atoms with Gasteiger partial charge in [0.15, 0.2) is 0 Å². The fourth-order valence-corrected chi connectivity index (χ4v) is 3.62. The molecule has 156 valence electrons. The van der Waals surface area contributed by atoms with Crippen LogP contribution in [0.5, 0.6) is 5.75 Å². The second-order valence-electron chi connectivity index (χ2n) is 7.17. The number of hydrogen-bond acceptors (Lipinski definition) is 6. The number of halogens is 1. The molecule has 0 aliphatic carbocycles. The van der Waals surface area contributed by atoms with Gasteiger partial charge in [-0.25, -0.2) is 0 Å². The zero-order valence-electron chi connectivity index (χ0n) is 16.8. The van der Waals surface area contributed by atoms with Gasteiger partial charge in [0.2, 0.25) is 11.7 Å². The van der Waals surface area contributed by atoms with Gasteiger partial charge in [0, 0.05) is 42.3 Å². The van der Waals surface area contributed by atoms with E-state index < -0.39 is 0 Å². The summed E-state index contributed by atoms with van der Waals surface area (Å²) in [4.78, 5) is 21.5. The molecule has 0 bridgehead atoms. The average Bonchev–Trinajstić information content (AvgIpc) is 3.11. The first-order valence-corrected chi connectivity index (χ1v) is 10.2. The number of benzene rings is 2. The van der Waals surface area contributed by atoms with Crippen LogP contribution in [0.1, 0.15) is 22.7 Å². The van der Waals surface area contributed by atoms with Gasteiger partial charge in [0.1, 0.15) is 5.75 Å². The second-order valence-corrected chi connectivity index (χ2v) is 7.61. The maximum Gasteiger partial charge on any atom is 0.254 e. The molecule has 0 spiro atoms. The van der Waals surface area contributed by atoms with Gasteiger partial charge >= 0.3 is 0 Å². The molecular formula is C22H23ClN4O3. The van der Waals surface area contributed by atoms with Crippen molar-refractivity contribution in [1.29, 1.82) is 0 Å². The Hall–Kier alpha value is -2.90. The van der Waals surface area contributed by atoms with Crippen molar-refractivity contribution in [3.8, 4) is 17.1 Å². The minimum Gasteiger partial charge on any atom is -0.497 e. The van der Waals surface area contributed by atoms with E-state index in [1.54, 1.807) is 25.3 Å². The molecule has 0 unspecified atom stereocenters. The summed E-state index contributed by atoms with van der Waals surface area (Å²) in [5.41, 5.74) is 1.51. The van der Waals surface area contributed by atoms with Crippen molar-refractivity contribution in [2.45, 2.75) is 13.0 Å². The smallest absolute Gasteiger partial charge is 0.254 e. The van der Waals surface area contributed by atoms with Crippen molar-refractivity contribution in [3.63, 3.8) is 0 Å². The van der Waals surface area contributed by atoms with Crippen molar-refractivity contribution in [1.82, 2.24) is 19.9 Å². The molecule has 2 heterocycles. The lowest BCUT2D eigenvalue weighted by Gasteiger charge is -2.21.